The van der Waals surface area contributed by atoms with Crippen LogP contribution < -0.4 is 0 Å². The fraction of sp³-hybridized carbons (Fsp3) is 1.00. The van der Waals surface area contributed by atoms with E-state index >= 15 is 0 Å². The largest absolute Gasteiger partial charge is 0.393 e. The quantitative estimate of drug-likeness (QED) is 0.446. The lowest BCUT2D eigenvalue weighted by Gasteiger charge is -2.48. The zero-order chi connectivity index (χ0) is 22.1. The van der Waals surface area contributed by atoms with Crippen LogP contribution >= 0.6 is 0 Å². The topological polar surface area (TPSA) is 40.5 Å². The van der Waals surface area contributed by atoms with Crippen molar-refractivity contribution < 1.29 is 10.2 Å². The summed E-state index contributed by atoms with van der Waals surface area (Å²) in [5.41, 5.74) is 0.114. The number of aliphatic hydroxyl groups excluding tert-OH is 2. The van der Waals surface area contributed by atoms with Gasteiger partial charge in [0.25, 0.3) is 0 Å². The van der Waals surface area contributed by atoms with Crippen molar-refractivity contribution in [3.05, 3.63) is 0 Å². The summed E-state index contributed by atoms with van der Waals surface area (Å²) >= 11 is 0. The standard InChI is InChI=1S/C25H52O2/c1-18(16-19(26)22(5,6)7)23(8,9)14-15-24(10,11)25(12,13)20(27)17-21(2,3)4/h18-20,26-27H,14-17H2,1-13H3. The zero-order valence-electron chi connectivity index (χ0n) is 21.0. The highest BCUT2D eigenvalue weighted by atomic mass is 16.3. The minimum Gasteiger partial charge on any atom is -0.393 e. The Bertz CT molecular complexity index is 446. The monoisotopic (exact) mass is 384 g/mol. The molecular weight excluding hydrogens is 332 g/mol. The summed E-state index contributed by atoms with van der Waals surface area (Å²) in [6, 6.07) is 0. The van der Waals surface area contributed by atoms with Gasteiger partial charge in [0.2, 0.25) is 0 Å². The predicted molar refractivity (Wildman–Crippen MR) is 120 cm³/mol. The SMILES string of the molecule is CC(CC(O)C(C)(C)C)C(C)(C)CCC(C)(C)C(C)(C)C(O)CC(C)(C)C. The van der Waals surface area contributed by atoms with Crippen LogP contribution in [0.4, 0.5) is 0 Å². The Hall–Kier alpha value is -0.0800. The molecule has 2 nitrogen and oxygen atoms in total. The molecule has 0 heterocycles. The van der Waals surface area contributed by atoms with Crippen LogP contribution in [0.3, 0.4) is 0 Å². The minimum atomic E-state index is -0.309. The second kappa shape index (κ2) is 8.74. The molecule has 0 aromatic heterocycles. The van der Waals surface area contributed by atoms with Crippen molar-refractivity contribution >= 4 is 0 Å². The molecule has 0 saturated heterocycles. The first kappa shape index (κ1) is 26.9. The lowest BCUT2D eigenvalue weighted by Crippen LogP contribution is -2.45. The van der Waals surface area contributed by atoms with E-state index in [1.807, 2.05) is 0 Å². The van der Waals surface area contributed by atoms with Gasteiger partial charge in [0.1, 0.15) is 0 Å². The van der Waals surface area contributed by atoms with Gasteiger partial charge < -0.3 is 10.2 Å². The molecule has 2 heteroatoms. The van der Waals surface area contributed by atoms with Crippen molar-refractivity contribution in [3.63, 3.8) is 0 Å². The molecule has 0 aliphatic rings. The third-order valence-electron chi connectivity index (χ3n) is 7.69. The van der Waals surface area contributed by atoms with Crippen LogP contribution in [0.2, 0.25) is 0 Å². The van der Waals surface area contributed by atoms with E-state index in [1.54, 1.807) is 0 Å². The molecule has 0 fully saturated rings. The van der Waals surface area contributed by atoms with Gasteiger partial charge in [0.05, 0.1) is 12.2 Å². The summed E-state index contributed by atoms with van der Waals surface area (Å²) in [7, 11) is 0. The highest BCUT2D eigenvalue weighted by molar-refractivity contribution is 4.94. The highest BCUT2D eigenvalue weighted by Crippen LogP contribution is 2.49. The van der Waals surface area contributed by atoms with Gasteiger partial charge >= 0.3 is 0 Å². The van der Waals surface area contributed by atoms with Crippen molar-refractivity contribution in [2.45, 2.75) is 128 Å². The van der Waals surface area contributed by atoms with Crippen LogP contribution in [-0.4, -0.2) is 22.4 Å². The summed E-state index contributed by atoms with van der Waals surface area (Å²) in [5.74, 6) is 0.449. The van der Waals surface area contributed by atoms with Crippen LogP contribution in [0.25, 0.3) is 0 Å². The van der Waals surface area contributed by atoms with Crippen LogP contribution in [-0.2, 0) is 0 Å². The molecule has 27 heavy (non-hydrogen) atoms. The number of hydrogen-bond donors (Lipinski definition) is 2. The fourth-order valence-electron chi connectivity index (χ4n) is 3.50. The van der Waals surface area contributed by atoms with E-state index in [1.165, 1.54) is 0 Å². The molecule has 3 atom stereocenters. The summed E-state index contributed by atoms with van der Waals surface area (Å²) in [6.07, 6.45) is 3.25. The number of hydrogen-bond acceptors (Lipinski definition) is 2. The van der Waals surface area contributed by atoms with Crippen molar-refractivity contribution in [1.29, 1.82) is 0 Å². The van der Waals surface area contributed by atoms with E-state index in [9.17, 15) is 10.2 Å². The predicted octanol–water partition coefficient (Wildman–Crippen LogP) is 7.08. The molecular formula is C25H52O2. The third kappa shape index (κ3) is 8.05. The van der Waals surface area contributed by atoms with Gasteiger partial charge in [0.15, 0.2) is 0 Å². The summed E-state index contributed by atoms with van der Waals surface area (Å²) in [6.45, 7) is 28.9. The summed E-state index contributed by atoms with van der Waals surface area (Å²) < 4.78 is 0. The maximum atomic E-state index is 11.0. The number of rotatable bonds is 9. The molecule has 0 aliphatic carbocycles. The lowest BCUT2D eigenvalue weighted by molar-refractivity contribution is -0.0645. The molecule has 0 amide bonds. The first-order chi connectivity index (χ1) is 11.6. The van der Waals surface area contributed by atoms with Crippen LogP contribution in [0.1, 0.15) is 116 Å². The Morgan fingerprint density at radius 3 is 1.48 bits per heavy atom. The van der Waals surface area contributed by atoms with E-state index in [-0.39, 0.29) is 39.3 Å². The first-order valence-electron chi connectivity index (χ1n) is 11.0. The van der Waals surface area contributed by atoms with Crippen LogP contribution in [0.5, 0.6) is 0 Å². The molecule has 0 rings (SSSR count). The van der Waals surface area contributed by atoms with Crippen molar-refractivity contribution in [2.24, 2.45) is 33.0 Å². The average molecular weight is 385 g/mol. The maximum Gasteiger partial charge on any atom is 0.0601 e. The Balaban J connectivity index is 5.08. The van der Waals surface area contributed by atoms with Crippen molar-refractivity contribution in [3.8, 4) is 0 Å². The van der Waals surface area contributed by atoms with Crippen molar-refractivity contribution in [1.82, 2.24) is 0 Å². The summed E-state index contributed by atoms with van der Waals surface area (Å²) in [4.78, 5) is 0. The molecule has 0 spiro atoms. The fourth-order valence-corrected chi connectivity index (χ4v) is 3.50. The molecule has 0 bridgehead atoms. The van der Waals surface area contributed by atoms with E-state index in [0.29, 0.717) is 5.92 Å². The third-order valence-corrected chi connectivity index (χ3v) is 7.69. The van der Waals surface area contributed by atoms with Gasteiger partial charge in [-0.1, -0.05) is 90.0 Å². The Kier molecular flexibility index (Phi) is 8.71. The van der Waals surface area contributed by atoms with Gasteiger partial charge in [0, 0.05) is 0 Å². The van der Waals surface area contributed by atoms with Gasteiger partial charge in [-0.25, -0.2) is 0 Å². The Labute approximate surface area is 171 Å². The molecule has 3 unspecified atom stereocenters. The minimum absolute atomic E-state index is 0.0390. The highest BCUT2D eigenvalue weighted by Gasteiger charge is 2.44. The molecule has 164 valence electrons. The van der Waals surface area contributed by atoms with E-state index in [0.717, 1.165) is 25.7 Å². The molecule has 0 aromatic carbocycles. The second-order valence-corrected chi connectivity index (χ2v) is 13.4. The molecule has 0 radical (unpaired) electrons. The van der Waals surface area contributed by atoms with Crippen LogP contribution in [0, 0.1) is 33.0 Å². The van der Waals surface area contributed by atoms with Gasteiger partial charge in [-0.05, 0) is 58.7 Å². The van der Waals surface area contributed by atoms with Gasteiger partial charge in [-0.3, -0.25) is 0 Å². The van der Waals surface area contributed by atoms with E-state index < -0.39 is 0 Å². The first-order valence-corrected chi connectivity index (χ1v) is 11.0. The zero-order valence-corrected chi connectivity index (χ0v) is 21.0. The molecule has 0 aromatic rings. The molecule has 0 aliphatic heterocycles. The van der Waals surface area contributed by atoms with E-state index in [2.05, 4.69) is 90.0 Å². The van der Waals surface area contributed by atoms with E-state index in [4.69, 9.17) is 0 Å². The lowest BCUT2D eigenvalue weighted by atomic mass is 9.59. The second-order valence-electron chi connectivity index (χ2n) is 13.4. The Morgan fingerprint density at radius 1 is 0.667 bits per heavy atom. The summed E-state index contributed by atoms with van der Waals surface area (Å²) in [5, 5.41) is 21.5. The normalized spacial score (nSPS) is 18.3. The van der Waals surface area contributed by atoms with Crippen molar-refractivity contribution in [2.75, 3.05) is 0 Å². The molecule has 2 N–H and O–H groups in total. The molecule has 0 saturated carbocycles. The van der Waals surface area contributed by atoms with Gasteiger partial charge in [-0.2, -0.15) is 0 Å². The van der Waals surface area contributed by atoms with Gasteiger partial charge in [-0.15, -0.1) is 0 Å². The Morgan fingerprint density at radius 2 is 1.11 bits per heavy atom. The maximum absolute atomic E-state index is 11.0. The number of aliphatic hydroxyl groups is 2. The van der Waals surface area contributed by atoms with Crippen LogP contribution in [0.15, 0.2) is 0 Å². The smallest absolute Gasteiger partial charge is 0.0601 e. The average Bonchev–Trinajstić information content (AvgIpc) is 2.42.